The zero-order valence-corrected chi connectivity index (χ0v) is 14.5. The van der Waals surface area contributed by atoms with E-state index in [9.17, 15) is 4.79 Å². The smallest absolute Gasteiger partial charge is 0.305 e. The number of rotatable bonds is 14. The van der Waals surface area contributed by atoms with Gasteiger partial charge in [0.2, 0.25) is 0 Å². The molecule has 1 aliphatic rings. The molecule has 3 heteroatoms. The van der Waals surface area contributed by atoms with Crippen molar-refractivity contribution in [1.82, 2.24) is 0 Å². The molecule has 0 N–H and O–H groups in total. The lowest BCUT2D eigenvalue weighted by molar-refractivity contribution is -0.140. The van der Waals surface area contributed by atoms with E-state index in [0.29, 0.717) is 18.6 Å². The summed E-state index contributed by atoms with van der Waals surface area (Å²) in [6, 6.07) is 0. The van der Waals surface area contributed by atoms with Gasteiger partial charge in [0.1, 0.15) is 6.10 Å². The quantitative estimate of drug-likeness (QED) is 0.192. The minimum atomic E-state index is -0.0865. The number of allylic oxidation sites excluding steroid dienone is 1. The number of esters is 1. The molecule has 0 aliphatic carbocycles. The number of carbonyl (C=O) groups excluding carboxylic acids is 1. The van der Waals surface area contributed by atoms with Crippen LogP contribution in [0.25, 0.3) is 0 Å². The van der Waals surface area contributed by atoms with Gasteiger partial charge in [-0.3, -0.25) is 4.79 Å². The number of methoxy groups -OCH3 is 1. The van der Waals surface area contributed by atoms with Crippen LogP contribution >= 0.6 is 0 Å². The summed E-state index contributed by atoms with van der Waals surface area (Å²) in [4.78, 5) is 10.9. The van der Waals surface area contributed by atoms with Crippen LogP contribution in [0.3, 0.4) is 0 Å². The van der Waals surface area contributed by atoms with Crippen molar-refractivity contribution < 1.29 is 14.3 Å². The molecular weight excluding hydrogens is 276 g/mol. The molecule has 128 valence electrons. The molecule has 1 saturated heterocycles. The van der Waals surface area contributed by atoms with Crippen molar-refractivity contribution in [2.75, 3.05) is 7.11 Å². The van der Waals surface area contributed by atoms with Gasteiger partial charge in [-0.2, -0.15) is 0 Å². The van der Waals surface area contributed by atoms with E-state index in [1.807, 2.05) is 0 Å². The highest BCUT2D eigenvalue weighted by molar-refractivity contribution is 5.68. The zero-order valence-electron chi connectivity index (χ0n) is 14.5. The first-order chi connectivity index (χ1) is 10.8. The number of hydrogen-bond acceptors (Lipinski definition) is 3. The molecule has 0 aromatic rings. The third-order valence-corrected chi connectivity index (χ3v) is 4.27. The second-order valence-electron chi connectivity index (χ2n) is 6.30. The normalized spacial score (nSPS) is 20.5. The van der Waals surface area contributed by atoms with Crippen molar-refractivity contribution in [2.45, 2.75) is 96.2 Å². The van der Waals surface area contributed by atoms with Crippen molar-refractivity contribution in [3.63, 3.8) is 0 Å². The lowest BCUT2D eigenvalue weighted by Crippen LogP contribution is -1.99. The fourth-order valence-corrected chi connectivity index (χ4v) is 2.72. The van der Waals surface area contributed by atoms with Gasteiger partial charge in [0.05, 0.1) is 13.2 Å². The molecule has 2 unspecified atom stereocenters. The molecule has 0 bridgehead atoms. The van der Waals surface area contributed by atoms with E-state index in [2.05, 4.69) is 23.8 Å². The Kier molecular flexibility index (Phi) is 11.1. The van der Waals surface area contributed by atoms with Gasteiger partial charge in [-0.15, -0.1) is 0 Å². The Balaban J connectivity index is 1.82. The Morgan fingerprint density at radius 3 is 2.55 bits per heavy atom. The van der Waals surface area contributed by atoms with Crippen LogP contribution in [-0.2, 0) is 14.3 Å². The number of carbonyl (C=O) groups is 1. The highest BCUT2D eigenvalue weighted by Crippen LogP contribution is 2.28. The monoisotopic (exact) mass is 310 g/mol. The molecule has 0 radical (unpaired) electrons. The molecule has 0 saturated carbocycles. The number of hydrogen-bond donors (Lipinski definition) is 0. The van der Waals surface area contributed by atoms with Crippen molar-refractivity contribution in [3.8, 4) is 0 Å². The minimum Gasteiger partial charge on any atom is -0.469 e. The van der Waals surface area contributed by atoms with E-state index in [-0.39, 0.29) is 5.97 Å². The maximum absolute atomic E-state index is 10.9. The summed E-state index contributed by atoms with van der Waals surface area (Å²) in [5.74, 6) is -0.0865. The maximum atomic E-state index is 10.9. The van der Waals surface area contributed by atoms with Crippen molar-refractivity contribution in [2.24, 2.45) is 0 Å². The summed E-state index contributed by atoms with van der Waals surface area (Å²) in [5.41, 5.74) is 0. The van der Waals surface area contributed by atoms with E-state index >= 15 is 0 Å². The van der Waals surface area contributed by atoms with E-state index < -0.39 is 0 Å². The van der Waals surface area contributed by atoms with E-state index in [0.717, 1.165) is 19.3 Å². The summed E-state index contributed by atoms with van der Waals surface area (Å²) in [6.45, 7) is 2.25. The van der Waals surface area contributed by atoms with Gasteiger partial charge in [-0.1, -0.05) is 64.0 Å². The van der Waals surface area contributed by atoms with Crippen molar-refractivity contribution in [1.29, 1.82) is 0 Å². The zero-order chi connectivity index (χ0) is 16.0. The molecule has 0 aromatic heterocycles. The highest BCUT2D eigenvalue weighted by atomic mass is 16.6. The van der Waals surface area contributed by atoms with Crippen LogP contribution in [0.1, 0.15) is 84.0 Å². The molecule has 22 heavy (non-hydrogen) atoms. The largest absolute Gasteiger partial charge is 0.469 e. The Hall–Kier alpha value is -0.830. The van der Waals surface area contributed by atoms with Crippen LogP contribution in [0, 0.1) is 0 Å². The Bertz CT molecular complexity index is 312. The van der Waals surface area contributed by atoms with Crippen LogP contribution in [0.4, 0.5) is 0 Å². The third kappa shape index (κ3) is 9.99. The molecule has 1 heterocycles. The molecule has 0 amide bonds. The van der Waals surface area contributed by atoms with E-state index in [1.165, 1.54) is 58.5 Å². The average molecular weight is 310 g/mol. The summed E-state index contributed by atoms with van der Waals surface area (Å²) in [7, 11) is 1.45. The SMILES string of the molecule is CCCCCCC1OC1/C=C\CCCCCCCC(=O)OC. The Morgan fingerprint density at radius 1 is 1.05 bits per heavy atom. The number of ether oxygens (including phenoxy) is 2. The fraction of sp³-hybridized carbons (Fsp3) is 0.842. The van der Waals surface area contributed by atoms with Gasteiger partial charge in [0.15, 0.2) is 0 Å². The topological polar surface area (TPSA) is 38.8 Å². The van der Waals surface area contributed by atoms with Gasteiger partial charge in [-0.25, -0.2) is 0 Å². The molecule has 1 rings (SSSR count). The summed E-state index contributed by atoms with van der Waals surface area (Å²) < 4.78 is 10.3. The predicted octanol–water partition coefficient (Wildman–Crippen LogP) is 5.18. The Morgan fingerprint density at radius 2 is 1.77 bits per heavy atom. The lowest BCUT2D eigenvalue weighted by atomic mass is 10.1. The van der Waals surface area contributed by atoms with Crippen LogP contribution in [-0.4, -0.2) is 25.3 Å². The summed E-state index contributed by atoms with van der Waals surface area (Å²) >= 11 is 0. The van der Waals surface area contributed by atoms with Crippen LogP contribution in [0.5, 0.6) is 0 Å². The number of unbranched alkanes of at least 4 members (excludes halogenated alkanes) is 8. The van der Waals surface area contributed by atoms with Gasteiger partial charge >= 0.3 is 5.97 Å². The fourth-order valence-electron chi connectivity index (χ4n) is 2.72. The molecule has 1 fully saturated rings. The standard InChI is InChI=1S/C19H34O3/c1-3-4-5-11-14-17-18(22-17)15-12-9-7-6-8-10-13-16-19(20)21-2/h12,15,17-18H,3-11,13-14,16H2,1-2H3/b15-12-. The molecule has 0 spiro atoms. The third-order valence-electron chi connectivity index (χ3n) is 4.27. The molecule has 0 aromatic carbocycles. The first kappa shape index (κ1) is 19.2. The maximum Gasteiger partial charge on any atom is 0.305 e. The molecule has 1 aliphatic heterocycles. The van der Waals surface area contributed by atoms with Crippen LogP contribution in [0.2, 0.25) is 0 Å². The highest BCUT2D eigenvalue weighted by Gasteiger charge is 2.35. The molecular formula is C19H34O3. The van der Waals surface area contributed by atoms with Crippen LogP contribution < -0.4 is 0 Å². The Labute approximate surface area is 136 Å². The van der Waals surface area contributed by atoms with Gasteiger partial charge in [-0.05, 0) is 25.7 Å². The van der Waals surface area contributed by atoms with E-state index in [1.54, 1.807) is 0 Å². The first-order valence-electron chi connectivity index (χ1n) is 9.17. The second kappa shape index (κ2) is 12.7. The predicted molar refractivity (Wildman–Crippen MR) is 90.9 cm³/mol. The molecule has 2 atom stereocenters. The van der Waals surface area contributed by atoms with Crippen molar-refractivity contribution in [3.05, 3.63) is 12.2 Å². The van der Waals surface area contributed by atoms with Gasteiger partial charge in [0.25, 0.3) is 0 Å². The molecule has 3 nitrogen and oxygen atoms in total. The first-order valence-corrected chi connectivity index (χ1v) is 9.17. The summed E-state index contributed by atoms with van der Waals surface area (Å²) in [6.07, 6.45) is 19.5. The summed E-state index contributed by atoms with van der Waals surface area (Å²) in [5, 5.41) is 0. The lowest BCUT2D eigenvalue weighted by Gasteiger charge is -1.99. The minimum absolute atomic E-state index is 0.0865. The van der Waals surface area contributed by atoms with Gasteiger partial charge < -0.3 is 9.47 Å². The van der Waals surface area contributed by atoms with Crippen molar-refractivity contribution >= 4 is 5.97 Å². The average Bonchev–Trinajstić information content (AvgIpc) is 3.28. The van der Waals surface area contributed by atoms with Gasteiger partial charge in [0, 0.05) is 6.42 Å². The number of epoxide rings is 1. The van der Waals surface area contributed by atoms with E-state index in [4.69, 9.17) is 4.74 Å². The van der Waals surface area contributed by atoms with Crippen LogP contribution in [0.15, 0.2) is 12.2 Å². The second-order valence-corrected chi connectivity index (χ2v) is 6.30.